The smallest absolute Gasteiger partial charge is 0.340 e. The van der Waals surface area contributed by atoms with Crippen molar-refractivity contribution in [3.63, 3.8) is 0 Å². The summed E-state index contributed by atoms with van der Waals surface area (Å²) in [6.45, 7) is 7.44. The Bertz CT molecular complexity index is 1530. The summed E-state index contributed by atoms with van der Waals surface area (Å²) in [6, 6.07) is 19.2. The number of aryl methyl sites for hydroxylation is 1. The Morgan fingerprint density at radius 2 is 1.67 bits per heavy atom. The Balaban J connectivity index is 1.67. The number of hydrogen-bond acceptors (Lipinski definition) is 6. The zero-order valence-electron chi connectivity index (χ0n) is 22.7. The number of benzene rings is 2. The monoisotopic (exact) mass is 548 g/mol. The van der Waals surface area contributed by atoms with Crippen molar-refractivity contribution in [2.45, 2.75) is 51.7 Å². The molecule has 1 amide bonds. The van der Waals surface area contributed by atoms with Gasteiger partial charge in [0, 0.05) is 18.3 Å². The van der Waals surface area contributed by atoms with Gasteiger partial charge in [-0.25, -0.2) is 13.2 Å². The predicted molar refractivity (Wildman–Crippen MR) is 147 cm³/mol. The van der Waals surface area contributed by atoms with E-state index in [0.717, 1.165) is 11.1 Å². The number of carbonyl (C=O) groups is 2. The summed E-state index contributed by atoms with van der Waals surface area (Å²) in [5.74, 6) is -0.228. The number of rotatable bonds is 9. The maximum atomic E-state index is 13.6. The molecule has 39 heavy (non-hydrogen) atoms. The highest BCUT2D eigenvalue weighted by Crippen LogP contribution is 2.33. The molecule has 2 aromatic carbocycles. The molecule has 3 aromatic rings. The fraction of sp³-hybridized carbons (Fsp3) is 0.267. The van der Waals surface area contributed by atoms with Crippen molar-refractivity contribution in [2.75, 3.05) is 7.11 Å². The van der Waals surface area contributed by atoms with Gasteiger partial charge in [-0.1, -0.05) is 48.0 Å². The van der Waals surface area contributed by atoms with Crippen molar-refractivity contribution < 1.29 is 27.2 Å². The molecule has 4 rings (SSSR count). The normalized spacial score (nSPS) is 15.2. The van der Waals surface area contributed by atoms with Crippen LogP contribution in [-0.2, 0) is 37.4 Å². The lowest BCUT2D eigenvalue weighted by Gasteiger charge is -2.22. The molecule has 8 nitrogen and oxygen atoms in total. The summed E-state index contributed by atoms with van der Waals surface area (Å²) in [5.41, 5.74) is 2.65. The number of esters is 1. The Morgan fingerprint density at radius 3 is 2.28 bits per heavy atom. The molecular weight excluding hydrogens is 516 g/mol. The minimum atomic E-state index is -3.86. The third-order valence-corrected chi connectivity index (χ3v) is 8.32. The first-order chi connectivity index (χ1) is 18.5. The van der Waals surface area contributed by atoms with Gasteiger partial charge in [-0.3, -0.25) is 4.79 Å². The van der Waals surface area contributed by atoms with Gasteiger partial charge in [0.1, 0.15) is 11.5 Å². The molecule has 0 fully saturated rings. The number of methoxy groups -OCH3 is 1. The van der Waals surface area contributed by atoms with E-state index < -0.39 is 16.0 Å². The van der Waals surface area contributed by atoms with Gasteiger partial charge >= 0.3 is 5.97 Å². The minimum absolute atomic E-state index is 0.0287. The first-order valence-corrected chi connectivity index (χ1v) is 14.0. The lowest BCUT2D eigenvalue weighted by atomic mass is 10.1. The van der Waals surface area contributed by atoms with E-state index in [1.165, 1.54) is 22.4 Å². The number of furan rings is 1. The number of nitrogens with zero attached hydrogens (tertiary/aromatic N) is 2. The van der Waals surface area contributed by atoms with Gasteiger partial charge in [-0.2, -0.15) is 4.31 Å². The molecule has 9 heteroatoms. The molecule has 2 heterocycles. The maximum absolute atomic E-state index is 13.6. The Morgan fingerprint density at radius 1 is 1.00 bits per heavy atom. The molecule has 1 aliphatic rings. The predicted octanol–water partition coefficient (Wildman–Crippen LogP) is 5.06. The van der Waals surface area contributed by atoms with Gasteiger partial charge in [0.2, 0.25) is 10.0 Å². The van der Waals surface area contributed by atoms with Gasteiger partial charge in [0.15, 0.2) is 0 Å². The molecule has 1 aliphatic heterocycles. The molecule has 0 saturated carbocycles. The van der Waals surface area contributed by atoms with E-state index in [1.807, 2.05) is 51.1 Å². The first-order valence-electron chi connectivity index (χ1n) is 12.6. The largest absolute Gasteiger partial charge is 0.465 e. The number of amides is 1. The molecule has 0 unspecified atom stereocenters. The van der Waals surface area contributed by atoms with Crippen molar-refractivity contribution in [1.82, 2.24) is 9.21 Å². The highest BCUT2D eigenvalue weighted by atomic mass is 32.2. The zero-order valence-corrected chi connectivity index (χ0v) is 23.5. The summed E-state index contributed by atoms with van der Waals surface area (Å²) in [7, 11) is -2.59. The van der Waals surface area contributed by atoms with Crippen LogP contribution in [0.1, 0.15) is 43.4 Å². The van der Waals surface area contributed by atoms with Crippen molar-refractivity contribution in [3.8, 4) is 0 Å². The highest BCUT2D eigenvalue weighted by molar-refractivity contribution is 7.89. The van der Waals surface area contributed by atoms with Crippen LogP contribution in [0.2, 0.25) is 0 Å². The van der Waals surface area contributed by atoms with E-state index in [2.05, 4.69) is 0 Å². The summed E-state index contributed by atoms with van der Waals surface area (Å²) in [6.07, 6.45) is 1.50. The molecule has 1 aromatic heterocycles. The molecule has 0 spiro atoms. The molecule has 204 valence electrons. The van der Waals surface area contributed by atoms with Crippen LogP contribution in [0.4, 0.5) is 0 Å². The van der Waals surface area contributed by atoms with Gasteiger partial charge in [-0.15, -0.1) is 0 Å². The summed E-state index contributed by atoms with van der Waals surface area (Å²) < 4.78 is 39.5. The number of ether oxygens (including phenoxy) is 1. The molecule has 0 bridgehead atoms. The van der Waals surface area contributed by atoms with Crippen LogP contribution >= 0.6 is 0 Å². The molecule has 0 aliphatic carbocycles. The summed E-state index contributed by atoms with van der Waals surface area (Å²) in [4.78, 5) is 27.4. The molecule has 0 atom stereocenters. The minimum Gasteiger partial charge on any atom is -0.465 e. The van der Waals surface area contributed by atoms with Crippen LogP contribution in [0, 0.1) is 6.92 Å². The second kappa shape index (κ2) is 11.4. The maximum Gasteiger partial charge on any atom is 0.340 e. The average molecular weight is 549 g/mol. The second-order valence-electron chi connectivity index (χ2n) is 9.65. The van der Waals surface area contributed by atoms with Gasteiger partial charge < -0.3 is 14.1 Å². The average Bonchev–Trinajstić information content (AvgIpc) is 3.45. The molecular formula is C30H32N2O6S. The zero-order chi connectivity index (χ0) is 28.3. The van der Waals surface area contributed by atoms with Crippen LogP contribution in [0.25, 0.3) is 6.08 Å². The SMILES string of the molecule is COC(=O)C1=C(C)N(C(C)C)C(=O)/C1=C/c1ccc(CN(Cc2ccccc2)S(=O)(=O)c2ccc(C)cc2)o1. The van der Waals surface area contributed by atoms with Gasteiger partial charge in [0.25, 0.3) is 5.91 Å². The summed E-state index contributed by atoms with van der Waals surface area (Å²) in [5, 5.41) is 0. The van der Waals surface area contributed by atoms with Crippen molar-refractivity contribution >= 4 is 28.0 Å². The first kappa shape index (κ1) is 28.1. The van der Waals surface area contributed by atoms with E-state index in [4.69, 9.17) is 9.15 Å². The third kappa shape index (κ3) is 5.89. The number of carbonyl (C=O) groups excluding carboxylic acids is 2. The molecule has 0 N–H and O–H groups in total. The summed E-state index contributed by atoms with van der Waals surface area (Å²) >= 11 is 0. The van der Waals surface area contributed by atoms with Crippen LogP contribution < -0.4 is 0 Å². The fourth-order valence-electron chi connectivity index (χ4n) is 4.57. The van der Waals surface area contributed by atoms with Crippen molar-refractivity contribution in [1.29, 1.82) is 0 Å². The molecule has 0 saturated heterocycles. The van der Waals surface area contributed by atoms with Crippen LogP contribution in [0.5, 0.6) is 0 Å². The standard InChI is InChI=1S/C30H32N2O6S/c1-20(2)32-22(4)28(30(34)37-5)27(29(32)33)17-24-13-14-25(38-24)19-31(18-23-9-7-6-8-10-23)39(35,36)26-15-11-21(3)12-16-26/h6-17,20H,18-19H2,1-5H3/b27-17+. The fourth-order valence-corrected chi connectivity index (χ4v) is 5.96. The number of hydrogen-bond donors (Lipinski definition) is 0. The number of sulfonamides is 1. The Labute approximate surface area is 229 Å². The second-order valence-corrected chi connectivity index (χ2v) is 11.6. The quantitative estimate of drug-likeness (QED) is 0.274. The molecule has 0 radical (unpaired) electrons. The highest BCUT2D eigenvalue weighted by Gasteiger charge is 2.38. The Hall–Kier alpha value is -3.95. The van der Waals surface area contributed by atoms with Crippen molar-refractivity contribution in [3.05, 3.63) is 106 Å². The van der Waals surface area contributed by atoms with Crippen LogP contribution in [0.15, 0.2) is 92.9 Å². The van der Waals surface area contributed by atoms with E-state index >= 15 is 0 Å². The topological polar surface area (TPSA) is 97.1 Å². The van der Waals surface area contributed by atoms with E-state index in [1.54, 1.807) is 43.3 Å². The third-order valence-electron chi connectivity index (χ3n) is 6.51. The van der Waals surface area contributed by atoms with Gasteiger partial charge in [-0.05, 0) is 63.6 Å². The van der Waals surface area contributed by atoms with E-state index in [0.29, 0.717) is 17.2 Å². The van der Waals surface area contributed by atoms with Gasteiger partial charge in [0.05, 0.1) is 29.7 Å². The number of allylic oxidation sites excluding steroid dienone is 1. The van der Waals surface area contributed by atoms with Crippen molar-refractivity contribution in [2.24, 2.45) is 0 Å². The Kier molecular flexibility index (Phi) is 8.22. The van der Waals surface area contributed by atoms with E-state index in [9.17, 15) is 18.0 Å². The van der Waals surface area contributed by atoms with E-state index in [-0.39, 0.29) is 41.1 Å². The lowest BCUT2D eigenvalue weighted by Crippen LogP contribution is -2.31. The lowest BCUT2D eigenvalue weighted by molar-refractivity contribution is -0.136. The van der Waals surface area contributed by atoms with Crippen LogP contribution in [0.3, 0.4) is 0 Å². The van der Waals surface area contributed by atoms with Crippen LogP contribution in [-0.4, -0.2) is 42.7 Å².